The number of methoxy groups -OCH3 is 2. The highest BCUT2D eigenvalue weighted by molar-refractivity contribution is 8.19. The van der Waals surface area contributed by atoms with E-state index in [1.807, 2.05) is 0 Å². The molecule has 3 rings (SSSR count). The quantitative estimate of drug-likeness (QED) is 0.398. The molecule has 1 aliphatic rings. The molecule has 144 valence electrons. The Labute approximate surface area is 168 Å². The maximum Gasteiger partial charge on any atom is 0.311 e. The highest BCUT2D eigenvalue weighted by Gasteiger charge is 2.36. The molecule has 0 atom stereocenters. The van der Waals surface area contributed by atoms with E-state index in [2.05, 4.69) is 0 Å². The number of carbonyl (C=O) groups excluding carboxylic acids is 2. The number of carbonyl (C=O) groups is 2. The van der Waals surface area contributed by atoms with Gasteiger partial charge in [0.05, 0.1) is 29.7 Å². The first-order valence-corrected chi connectivity index (χ1v) is 8.99. The van der Waals surface area contributed by atoms with Crippen LogP contribution in [0.15, 0.2) is 41.3 Å². The molecular formula is C18H13ClN2O6S. The minimum atomic E-state index is -0.602. The lowest BCUT2D eigenvalue weighted by Gasteiger charge is -2.12. The summed E-state index contributed by atoms with van der Waals surface area (Å²) in [7, 11) is 2.69. The summed E-state index contributed by atoms with van der Waals surface area (Å²) in [6, 6.07) is 8.83. The summed E-state index contributed by atoms with van der Waals surface area (Å²) in [5, 5.41) is 11.3. The number of halogens is 1. The van der Waals surface area contributed by atoms with Crippen LogP contribution in [0.3, 0.4) is 0 Å². The van der Waals surface area contributed by atoms with Gasteiger partial charge >= 0.3 is 5.69 Å². The largest absolute Gasteiger partial charge is 0.496 e. The number of hydrogen-bond acceptors (Lipinski definition) is 7. The Morgan fingerprint density at radius 2 is 1.75 bits per heavy atom. The third-order valence-corrected chi connectivity index (χ3v) is 5.01. The van der Waals surface area contributed by atoms with Crippen LogP contribution < -0.4 is 14.4 Å². The van der Waals surface area contributed by atoms with Gasteiger partial charge in [0.15, 0.2) is 0 Å². The van der Waals surface area contributed by atoms with Crippen molar-refractivity contribution < 1.29 is 24.0 Å². The zero-order valence-corrected chi connectivity index (χ0v) is 16.2. The predicted octanol–water partition coefficient (Wildman–Crippen LogP) is 4.51. The van der Waals surface area contributed by atoms with Gasteiger partial charge in [0, 0.05) is 22.7 Å². The number of nitro groups is 1. The number of hydrogen-bond donors (Lipinski definition) is 0. The lowest BCUT2D eigenvalue weighted by Crippen LogP contribution is -2.27. The predicted molar refractivity (Wildman–Crippen MR) is 106 cm³/mol. The Morgan fingerprint density at radius 3 is 2.32 bits per heavy atom. The summed E-state index contributed by atoms with van der Waals surface area (Å²) in [6.07, 6.45) is 1.38. The van der Waals surface area contributed by atoms with Crippen molar-refractivity contribution in [2.75, 3.05) is 19.1 Å². The lowest BCUT2D eigenvalue weighted by molar-refractivity contribution is -0.385. The van der Waals surface area contributed by atoms with E-state index in [1.54, 1.807) is 24.3 Å². The summed E-state index contributed by atoms with van der Waals surface area (Å²) in [5.74, 6) is -0.258. The monoisotopic (exact) mass is 420 g/mol. The number of nitrogens with zero attached hydrogens (tertiary/aromatic N) is 2. The van der Waals surface area contributed by atoms with Crippen molar-refractivity contribution in [2.45, 2.75) is 0 Å². The van der Waals surface area contributed by atoms with Crippen LogP contribution in [-0.4, -0.2) is 30.3 Å². The normalized spacial score (nSPS) is 15.2. The summed E-state index contributed by atoms with van der Waals surface area (Å²) in [4.78, 5) is 36.9. The SMILES string of the molecule is COc1cc(OC)c([N+](=O)[O-])cc1/C=C1/SC(=O)N(c2ccc(Cl)cc2)C1=O. The van der Waals surface area contributed by atoms with Crippen LogP contribution in [0.2, 0.25) is 5.02 Å². The molecule has 1 saturated heterocycles. The second kappa shape index (κ2) is 7.91. The van der Waals surface area contributed by atoms with Gasteiger partial charge in [-0.25, -0.2) is 4.90 Å². The standard InChI is InChI=1S/C18H13ClN2O6S/c1-26-14-9-15(27-2)13(21(24)25)7-10(14)8-16-17(22)20(18(23)28-16)12-5-3-11(19)4-6-12/h3-9H,1-2H3/b16-8+. The Hall–Kier alpha value is -3.04. The molecule has 2 aromatic carbocycles. The molecule has 0 aliphatic carbocycles. The maximum absolute atomic E-state index is 12.7. The number of amides is 2. The van der Waals surface area contributed by atoms with Gasteiger partial charge in [0.1, 0.15) is 5.75 Å². The van der Waals surface area contributed by atoms with E-state index in [1.165, 1.54) is 32.4 Å². The van der Waals surface area contributed by atoms with Gasteiger partial charge in [-0.15, -0.1) is 0 Å². The van der Waals surface area contributed by atoms with E-state index in [4.69, 9.17) is 21.1 Å². The number of thioether (sulfide) groups is 1. The van der Waals surface area contributed by atoms with Gasteiger partial charge in [0.2, 0.25) is 5.75 Å². The van der Waals surface area contributed by atoms with Gasteiger partial charge in [-0.05, 0) is 42.1 Å². The molecule has 2 aromatic rings. The highest BCUT2D eigenvalue weighted by Crippen LogP contribution is 2.40. The van der Waals surface area contributed by atoms with E-state index in [9.17, 15) is 19.7 Å². The van der Waals surface area contributed by atoms with E-state index < -0.39 is 16.1 Å². The van der Waals surface area contributed by atoms with Gasteiger partial charge in [0.25, 0.3) is 11.1 Å². The molecule has 1 aliphatic heterocycles. The van der Waals surface area contributed by atoms with Gasteiger partial charge < -0.3 is 9.47 Å². The highest BCUT2D eigenvalue weighted by atomic mass is 35.5. The fourth-order valence-electron chi connectivity index (χ4n) is 2.58. The molecule has 0 aromatic heterocycles. The zero-order valence-electron chi connectivity index (χ0n) is 14.7. The molecule has 0 unspecified atom stereocenters. The summed E-state index contributed by atoms with van der Waals surface area (Å²) >= 11 is 6.57. The average molecular weight is 421 g/mol. The topological polar surface area (TPSA) is 99.0 Å². The van der Waals surface area contributed by atoms with Crippen molar-refractivity contribution in [3.8, 4) is 11.5 Å². The van der Waals surface area contributed by atoms with E-state index in [0.29, 0.717) is 10.7 Å². The molecule has 1 fully saturated rings. The molecule has 0 N–H and O–H groups in total. The van der Waals surface area contributed by atoms with Crippen LogP contribution in [0.25, 0.3) is 6.08 Å². The van der Waals surface area contributed by atoms with E-state index in [-0.39, 0.29) is 27.7 Å². The summed E-state index contributed by atoms with van der Waals surface area (Å²) in [5.41, 5.74) is 0.367. The van der Waals surface area contributed by atoms with Crippen LogP contribution in [0, 0.1) is 10.1 Å². The Bertz CT molecular complexity index is 1010. The summed E-state index contributed by atoms with van der Waals surface area (Å²) in [6.45, 7) is 0. The average Bonchev–Trinajstić information content (AvgIpc) is 2.95. The third-order valence-electron chi connectivity index (χ3n) is 3.89. The Balaban J connectivity index is 2.03. The Morgan fingerprint density at radius 1 is 1.11 bits per heavy atom. The zero-order chi connectivity index (χ0) is 20.4. The van der Waals surface area contributed by atoms with Crippen molar-refractivity contribution >= 4 is 52.0 Å². The number of ether oxygens (including phenoxy) is 2. The fourth-order valence-corrected chi connectivity index (χ4v) is 3.54. The first-order valence-electron chi connectivity index (χ1n) is 7.79. The van der Waals surface area contributed by atoms with Crippen molar-refractivity contribution in [3.05, 3.63) is 62.0 Å². The molecule has 0 spiro atoms. The maximum atomic E-state index is 12.7. The van der Waals surface area contributed by atoms with E-state index >= 15 is 0 Å². The minimum absolute atomic E-state index is 0.0215. The van der Waals surface area contributed by atoms with Gasteiger partial charge in [-0.2, -0.15) is 0 Å². The number of rotatable bonds is 5. The first-order chi connectivity index (χ1) is 13.3. The van der Waals surface area contributed by atoms with Crippen LogP contribution in [0.1, 0.15) is 5.56 Å². The first kappa shape index (κ1) is 19.7. The molecule has 28 heavy (non-hydrogen) atoms. The number of anilines is 1. The second-order valence-corrected chi connectivity index (χ2v) is 6.95. The van der Waals surface area contributed by atoms with Crippen LogP contribution in [0.5, 0.6) is 11.5 Å². The van der Waals surface area contributed by atoms with Crippen molar-refractivity contribution in [3.63, 3.8) is 0 Å². The van der Waals surface area contributed by atoms with Crippen molar-refractivity contribution in [1.29, 1.82) is 0 Å². The molecule has 0 bridgehead atoms. The van der Waals surface area contributed by atoms with Crippen LogP contribution in [-0.2, 0) is 4.79 Å². The van der Waals surface area contributed by atoms with Crippen molar-refractivity contribution in [2.24, 2.45) is 0 Å². The molecule has 10 heteroatoms. The molecule has 0 saturated carbocycles. The second-order valence-electron chi connectivity index (χ2n) is 5.52. The van der Waals surface area contributed by atoms with Crippen LogP contribution in [0.4, 0.5) is 16.2 Å². The number of nitro benzene ring substituents is 1. The van der Waals surface area contributed by atoms with Gasteiger partial charge in [-0.1, -0.05) is 11.6 Å². The number of imide groups is 1. The third kappa shape index (κ3) is 3.67. The molecule has 1 heterocycles. The molecule has 8 nitrogen and oxygen atoms in total. The minimum Gasteiger partial charge on any atom is -0.496 e. The van der Waals surface area contributed by atoms with Gasteiger partial charge in [-0.3, -0.25) is 19.7 Å². The molecular weight excluding hydrogens is 408 g/mol. The van der Waals surface area contributed by atoms with Crippen LogP contribution >= 0.6 is 23.4 Å². The summed E-state index contributed by atoms with van der Waals surface area (Å²) < 4.78 is 10.2. The molecule has 2 amide bonds. The smallest absolute Gasteiger partial charge is 0.311 e. The lowest BCUT2D eigenvalue weighted by atomic mass is 10.1. The Kier molecular flexibility index (Phi) is 5.57. The van der Waals surface area contributed by atoms with Crippen molar-refractivity contribution in [1.82, 2.24) is 0 Å². The number of benzene rings is 2. The van der Waals surface area contributed by atoms with E-state index in [0.717, 1.165) is 16.7 Å². The molecule has 0 radical (unpaired) electrons. The fraction of sp³-hybridized carbons (Fsp3) is 0.111.